The second kappa shape index (κ2) is 6.62. The van der Waals surface area contributed by atoms with Crippen LogP contribution in [0.5, 0.6) is 0 Å². The second-order valence-corrected chi connectivity index (χ2v) is 4.87. The van der Waals surface area contributed by atoms with Crippen LogP contribution in [0.4, 0.5) is 0 Å². The van der Waals surface area contributed by atoms with E-state index < -0.39 is 0 Å². The molecule has 2 nitrogen and oxygen atoms in total. The molecule has 1 aromatic carbocycles. The maximum Gasteiger partial charge on any atom is 0.190 e. The number of hydrogen-bond donors (Lipinski definition) is 0. The minimum Gasteiger partial charge on any atom is -0.255 e. The third-order valence-electron chi connectivity index (χ3n) is 3.26. The van der Waals surface area contributed by atoms with E-state index in [1.807, 2.05) is 42.6 Å². The number of aromatic nitrogens is 2. The average molecular weight is 273 g/mol. The number of benzene rings is 1. The van der Waals surface area contributed by atoms with Crippen LogP contribution in [0, 0.1) is 0 Å². The highest BCUT2D eigenvalue weighted by molar-refractivity contribution is 5.68. The first kappa shape index (κ1) is 13.3. The average Bonchev–Trinajstić information content (AvgIpc) is 2.56. The normalized spacial score (nSPS) is 10.9. The van der Waals surface area contributed by atoms with E-state index >= 15 is 0 Å². The fourth-order valence-corrected chi connectivity index (χ4v) is 2.12. The van der Waals surface area contributed by atoms with Crippen molar-refractivity contribution in [1.29, 1.82) is 0 Å². The Labute approximate surface area is 125 Å². The molecule has 0 radical (unpaired) electrons. The van der Waals surface area contributed by atoms with Gasteiger partial charge in [0.2, 0.25) is 0 Å². The maximum absolute atomic E-state index is 4.34. The summed E-state index contributed by atoms with van der Waals surface area (Å²) in [5.74, 6) is 0. The second-order valence-electron chi connectivity index (χ2n) is 4.87. The minimum atomic E-state index is 0.795. The Hall–Kier alpha value is -2.74. The Kier molecular flexibility index (Phi) is 4.18. The van der Waals surface area contributed by atoms with E-state index in [2.05, 4.69) is 58.4 Å². The molecule has 21 heavy (non-hydrogen) atoms. The van der Waals surface area contributed by atoms with Crippen molar-refractivity contribution in [2.75, 3.05) is 0 Å². The molecule has 2 heterocycles. The maximum atomic E-state index is 4.34. The van der Waals surface area contributed by atoms with E-state index in [1.165, 1.54) is 11.1 Å². The summed E-state index contributed by atoms with van der Waals surface area (Å²) < 4.78 is 2.13. The highest BCUT2D eigenvalue weighted by Crippen LogP contribution is 2.06. The lowest BCUT2D eigenvalue weighted by molar-refractivity contribution is -0.688. The van der Waals surface area contributed by atoms with Crippen LogP contribution in [0.1, 0.15) is 16.8 Å². The SMILES string of the molecule is C(=Cc1cc[n+](Cc2ccccn2)cc1)c1ccccc1. The molecular formula is C19H17N2+. The number of hydrogen-bond acceptors (Lipinski definition) is 1. The quantitative estimate of drug-likeness (QED) is 0.664. The van der Waals surface area contributed by atoms with Gasteiger partial charge in [-0.15, -0.1) is 0 Å². The van der Waals surface area contributed by atoms with E-state index in [4.69, 9.17) is 0 Å². The van der Waals surface area contributed by atoms with Crippen LogP contribution in [-0.4, -0.2) is 4.98 Å². The smallest absolute Gasteiger partial charge is 0.190 e. The molecule has 0 saturated carbocycles. The van der Waals surface area contributed by atoms with Crippen LogP contribution in [0.15, 0.2) is 79.3 Å². The molecule has 0 N–H and O–H groups in total. The summed E-state index contributed by atoms with van der Waals surface area (Å²) in [6.45, 7) is 0.795. The van der Waals surface area contributed by atoms with Crippen molar-refractivity contribution in [2.45, 2.75) is 6.54 Å². The predicted molar refractivity (Wildman–Crippen MR) is 85.3 cm³/mol. The van der Waals surface area contributed by atoms with Crippen LogP contribution in [0.3, 0.4) is 0 Å². The van der Waals surface area contributed by atoms with Gasteiger partial charge in [-0.2, -0.15) is 4.57 Å². The molecule has 0 bridgehead atoms. The highest BCUT2D eigenvalue weighted by Gasteiger charge is 2.02. The van der Waals surface area contributed by atoms with Crippen molar-refractivity contribution in [3.05, 3.63) is 96.1 Å². The lowest BCUT2D eigenvalue weighted by atomic mass is 10.1. The van der Waals surface area contributed by atoms with Gasteiger partial charge in [0.05, 0.1) is 0 Å². The molecule has 102 valence electrons. The van der Waals surface area contributed by atoms with Gasteiger partial charge in [-0.3, -0.25) is 4.98 Å². The molecule has 0 saturated heterocycles. The zero-order chi connectivity index (χ0) is 14.3. The molecule has 3 aromatic rings. The molecule has 2 heteroatoms. The Bertz CT molecular complexity index is 702. The van der Waals surface area contributed by atoms with Gasteiger partial charge in [-0.1, -0.05) is 48.6 Å². The van der Waals surface area contributed by atoms with E-state index in [-0.39, 0.29) is 0 Å². The van der Waals surface area contributed by atoms with Crippen molar-refractivity contribution in [1.82, 2.24) is 4.98 Å². The molecule has 0 fully saturated rings. The van der Waals surface area contributed by atoms with Crippen molar-refractivity contribution in [3.8, 4) is 0 Å². The summed E-state index contributed by atoms with van der Waals surface area (Å²) >= 11 is 0. The standard InChI is InChI=1S/C19H17N2/c1-2-6-17(7-3-1)9-10-18-11-14-21(15-12-18)16-19-8-4-5-13-20-19/h1-15H,16H2/q+1. The molecule has 0 spiro atoms. The number of rotatable bonds is 4. The van der Waals surface area contributed by atoms with Gasteiger partial charge < -0.3 is 0 Å². The van der Waals surface area contributed by atoms with Crippen LogP contribution in [-0.2, 0) is 6.54 Å². The topological polar surface area (TPSA) is 16.8 Å². The lowest BCUT2D eigenvalue weighted by Crippen LogP contribution is -2.33. The van der Waals surface area contributed by atoms with Crippen LogP contribution >= 0.6 is 0 Å². The summed E-state index contributed by atoms with van der Waals surface area (Å²) in [5, 5.41) is 0. The largest absolute Gasteiger partial charge is 0.255 e. The van der Waals surface area contributed by atoms with E-state index in [1.54, 1.807) is 0 Å². The molecule has 0 atom stereocenters. The van der Waals surface area contributed by atoms with Gasteiger partial charge >= 0.3 is 0 Å². The third kappa shape index (κ3) is 3.86. The van der Waals surface area contributed by atoms with Gasteiger partial charge in [0, 0.05) is 18.3 Å². The summed E-state index contributed by atoms with van der Waals surface area (Å²) in [7, 11) is 0. The first-order valence-electron chi connectivity index (χ1n) is 7.02. The van der Waals surface area contributed by atoms with Gasteiger partial charge in [-0.05, 0) is 23.3 Å². The van der Waals surface area contributed by atoms with E-state index in [0.717, 1.165) is 12.2 Å². The lowest BCUT2D eigenvalue weighted by Gasteiger charge is -1.97. The van der Waals surface area contributed by atoms with Crippen molar-refractivity contribution < 1.29 is 4.57 Å². The predicted octanol–water partition coefficient (Wildman–Crippen LogP) is 3.59. The summed E-state index contributed by atoms with van der Waals surface area (Å²) in [4.78, 5) is 4.34. The Morgan fingerprint density at radius 1 is 0.762 bits per heavy atom. The Morgan fingerprint density at radius 3 is 2.10 bits per heavy atom. The zero-order valence-corrected chi connectivity index (χ0v) is 11.8. The first-order chi connectivity index (χ1) is 10.4. The molecular weight excluding hydrogens is 256 g/mol. The molecule has 2 aromatic heterocycles. The number of pyridine rings is 2. The zero-order valence-electron chi connectivity index (χ0n) is 11.8. The Balaban J connectivity index is 1.68. The van der Waals surface area contributed by atoms with E-state index in [9.17, 15) is 0 Å². The molecule has 0 amide bonds. The van der Waals surface area contributed by atoms with Crippen LogP contribution in [0.25, 0.3) is 12.2 Å². The summed E-state index contributed by atoms with van der Waals surface area (Å²) in [5.41, 5.74) is 3.47. The van der Waals surface area contributed by atoms with Crippen LogP contribution < -0.4 is 4.57 Å². The minimum absolute atomic E-state index is 0.795. The molecule has 0 unspecified atom stereocenters. The van der Waals surface area contributed by atoms with Gasteiger partial charge in [0.1, 0.15) is 5.69 Å². The third-order valence-corrected chi connectivity index (χ3v) is 3.26. The molecule has 0 aliphatic rings. The fraction of sp³-hybridized carbons (Fsp3) is 0.0526. The fourth-order valence-electron chi connectivity index (χ4n) is 2.12. The van der Waals surface area contributed by atoms with Gasteiger partial charge in [0.15, 0.2) is 18.9 Å². The first-order valence-corrected chi connectivity index (χ1v) is 7.02. The Morgan fingerprint density at radius 2 is 1.43 bits per heavy atom. The van der Waals surface area contributed by atoms with Crippen molar-refractivity contribution in [2.24, 2.45) is 0 Å². The van der Waals surface area contributed by atoms with Crippen molar-refractivity contribution in [3.63, 3.8) is 0 Å². The highest BCUT2D eigenvalue weighted by atomic mass is 14.9. The molecule has 0 aliphatic carbocycles. The molecule has 0 aliphatic heterocycles. The summed E-state index contributed by atoms with van der Waals surface area (Å²) in [6.07, 6.45) is 10.2. The number of nitrogens with zero attached hydrogens (tertiary/aromatic N) is 2. The van der Waals surface area contributed by atoms with Gasteiger partial charge in [-0.25, -0.2) is 0 Å². The van der Waals surface area contributed by atoms with Crippen molar-refractivity contribution >= 4 is 12.2 Å². The van der Waals surface area contributed by atoms with Gasteiger partial charge in [0.25, 0.3) is 0 Å². The summed E-state index contributed by atoms with van der Waals surface area (Å²) in [6, 6.07) is 20.5. The van der Waals surface area contributed by atoms with Crippen LogP contribution in [0.2, 0.25) is 0 Å². The molecule has 3 rings (SSSR count). The van der Waals surface area contributed by atoms with E-state index in [0.29, 0.717) is 0 Å². The monoisotopic (exact) mass is 273 g/mol.